The van der Waals surface area contributed by atoms with Crippen molar-refractivity contribution in [1.82, 2.24) is 18.7 Å². The van der Waals surface area contributed by atoms with Gasteiger partial charge in [0.05, 0.1) is 38.7 Å². The molecular weight excluding hydrogens is 834 g/mol. The molecule has 12 aromatic rings. The van der Waals surface area contributed by atoms with Gasteiger partial charge in [-0.2, -0.15) is 13.2 Å². The predicted octanol–water partition coefficient (Wildman–Crippen LogP) is 16.8. The molecule has 0 spiro atoms. The van der Waals surface area contributed by atoms with E-state index in [1.165, 1.54) is 32.9 Å². The molecule has 0 bridgehead atoms. The van der Waals surface area contributed by atoms with Crippen LogP contribution in [0.1, 0.15) is 58.2 Å². The third kappa shape index (κ3) is 6.39. The van der Waals surface area contributed by atoms with Crippen LogP contribution in [0.15, 0.2) is 176 Å². The number of para-hydroxylation sites is 1. The standard InChI is InChI=1S/C60H47F3N4/c1-58(2,3)38-23-30-52-48(33-38)49-34-39(59(4,5)6)24-31-53(49)66(52)42-29-32-54-50(35-42)45-15-11-12-18-51(45)65(54)40-25-19-36(20-26-40)57-64-55-46-16-9-7-13-43(46)44-14-8-10-17-47(44)56(55)67(57)41-27-21-37(22-28-41)60(61,62)63/h7-35H,1-6H3. The number of nitrogens with zero attached hydrogens (tertiary/aromatic N) is 4. The summed E-state index contributed by atoms with van der Waals surface area (Å²) in [6.45, 7) is 13.6. The van der Waals surface area contributed by atoms with Crippen molar-refractivity contribution >= 4 is 76.2 Å². The first-order valence-electron chi connectivity index (χ1n) is 22.9. The summed E-state index contributed by atoms with van der Waals surface area (Å²) in [6, 6.07) is 59.4. The molecule has 0 unspecified atom stereocenters. The Morgan fingerprint density at radius 1 is 0.358 bits per heavy atom. The smallest absolute Gasteiger partial charge is 0.309 e. The summed E-state index contributed by atoms with van der Waals surface area (Å²) < 4.78 is 48.3. The van der Waals surface area contributed by atoms with Gasteiger partial charge in [0, 0.05) is 54.9 Å². The molecule has 4 nitrogen and oxygen atoms in total. The van der Waals surface area contributed by atoms with Crippen LogP contribution < -0.4 is 0 Å². The molecule has 0 N–H and O–H groups in total. The molecule has 0 amide bonds. The number of hydrogen-bond donors (Lipinski definition) is 0. The number of alkyl halides is 3. The molecule has 0 saturated heterocycles. The van der Waals surface area contributed by atoms with Crippen LogP contribution >= 0.6 is 0 Å². The number of benzene rings is 9. The van der Waals surface area contributed by atoms with Crippen molar-refractivity contribution in [3.63, 3.8) is 0 Å². The topological polar surface area (TPSA) is 27.7 Å². The van der Waals surface area contributed by atoms with E-state index in [1.807, 2.05) is 28.8 Å². The number of halogens is 3. The highest BCUT2D eigenvalue weighted by molar-refractivity contribution is 6.24. The van der Waals surface area contributed by atoms with Crippen LogP contribution in [0.3, 0.4) is 0 Å². The monoisotopic (exact) mass is 880 g/mol. The van der Waals surface area contributed by atoms with Gasteiger partial charge in [-0.25, -0.2) is 4.98 Å². The second kappa shape index (κ2) is 14.4. The Morgan fingerprint density at radius 2 is 0.776 bits per heavy atom. The zero-order valence-corrected chi connectivity index (χ0v) is 38.2. The van der Waals surface area contributed by atoms with Crippen molar-refractivity contribution in [2.24, 2.45) is 0 Å². The van der Waals surface area contributed by atoms with Crippen LogP contribution in [0.5, 0.6) is 0 Å². The zero-order valence-electron chi connectivity index (χ0n) is 38.2. The second-order valence-corrected chi connectivity index (χ2v) is 20.0. The Bertz CT molecular complexity index is 3890. The van der Waals surface area contributed by atoms with Gasteiger partial charge < -0.3 is 9.13 Å². The molecule has 9 aromatic carbocycles. The molecule has 0 atom stereocenters. The lowest BCUT2D eigenvalue weighted by molar-refractivity contribution is -0.137. The molecule has 12 rings (SSSR count). The summed E-state index contributed by atoms with van der Waals surface area (Å²) in [5, 5.41) is 8.88. The van der Waals surface area contributed by atoms with Crippen LogP contribution in [0, 0.1) is 0 Å². The van der Waals surface area contributed by atoms with Crippen LogP contribution in [-0.4, -0.2) is 18.7 Å². The van der Waals surface area contributed by atoms with Crippen molar-refractivity contribution < 1.29 is 13.2 Å². The zero-order chi connectivity index (χ0) is 46.1. The maximum absolute atomic E-state index is 13.9. The van der Waals surface area contributed by atoms with E-state index in [-0.39, 0.29) is 10.8 Å². The summed E-state index contributed by atoms with van der Waals surface area (Å²) in [4.78, 5) is 5.34. The molecule has 0 aliphatic rings. The number of fused-ring (bicyclic) bond motifs is 12. The molecule has 328 valence electrons. The Hall–Kier alpha value is -7.64. The Kier molecular flexibility index (Phi) is 8.79. The van der Waals surface area contributed by atoms with E-state index in [9.17, 15) is 13.2 Å². The number of rotatable bonds is 4. The molecule has 3 heterocycles. The minimum atomic E-state index is -4.45. The first-order valence-corrected chi connectivity index (χ1v) is 22.9. The van der Waals surface area contributed by atoms with E-state index >= 15 is 0 Å². The van der Waals surface area contributed by atoms with Gasteiger partial charge in [-0.05, 0) is 130 Å². The van der Waals surface area contributed by atoms with Gasteiger partial charge >= 0.3 is 6.18 Å². The van der Waals surface area contributed by atoms with Crippen LogP contribution in [-0.2, 0) is 17.0 Å². The maximum atomic E-state index is 13.9. The lowest BCUT2D eigenvalue weighted by Gasteiger charge is -2.19. The fourth-order valence-corrected chi connectivity index (χ4v) is 10.3. The third-order valence-electron chi connectivity index (χ3n) is 13.8. The average molecular weight is 881 g/mol. The van der Waals surface area contributed by atoms with Crippen LogP contribution in [0.2, 0.25) is 0 Å². The van der Waals surface area contributed by atoms with Gasteiger partial charge in [-0.1, -0.05) is 120 Å². The molecular formula is C60H47F3N4. The average Bonchev–Trinajstić information content (AvgIpc) is 3.99. The van der Waals surface area contributed by atoms with E-state index in [1.54, 1.807) is 12.1 Å². The van der Waals surface area contributed by atoms with Gasteiger partial charge in [-0.15, -0.1) is 0 Å². The number of aromatic nitrogens is 4. The van der Waals surface area contributed by atoms with E-state index in [2.05, 4.69) is 178 Å². The van der Waals surface area contributed by atoms with Crippen molar-refractivity contribution in [2.75, 3.05) is 0 Å². The molecule has 3 aromatic heterocycles. The summed E-state index contributed by atoms with van der Waals surface area (Å²) in [5.74, 6) is 0.644. The third-order valence-corrected chi connectivity index (χ3v) is 13.8. The largest absolute Gasteiger partial charge is 0.416 e. The van der Waals surface area contributed by atoms with E-state index in [0.29, 0.717) is 11.5 Å². The Labute approximate surface area is 386 Å². The quantitative estimate of drug-likeness (QED) is 0.162. The fraction of sp³-hybridized carbons (Fsp3) is 0.150. The molecule has 0 fully saturated rings. The number of imidazole rings is 1. The van der Waals surface area contributed by atoms with Gasteiger partial charge in [0.2, 0.25) is 0 Å². The highest BCUT2D eigenvalue weighted by atomic mass is 19.4. The van der Waals surface area contributed by atoms with Crippen LogP contribution in [0.25, 0.3) is 105 Å². The molecule has 67 heavy (non-hydrogen) atoms. The van der Waals surface area contributed by atoms with Gasteiger partial charge in [0.25, 0.3) is 0 Å². The van der Waals surface area contributed by atoms with E-state index in [0.717, 1.165) is 83.5 Å². The van der Waals surface area contributed by atoms with Gasteiger partial charge in [0.15, 0.2) is 0 Å². The Morgan fingerprint density at radius 3 is 1.36 bits per heavy atom. The molecule has 7 heteroatoms. The maximum Gasteiger partial charge on any atom is 0.416 e. The molecule has 0 aliphatic carbocycles. The van der Waals surface area contributed by atoms with Gasteiger partial charge in [-0.3, -0.25) is 4.57 Å². The minimum Gasteiger partial charge on any atom is -0.309 e. The van der Waals surface area contributed by atoms with Crippen molar-refractivity contribution in [3.8, 4) is 28.5 Å². The predicted molar refractivity (Wildman–Crippen MR) is 273 cm³/mol. The lowest BCUT2D eigenvalue weighted by atomic mass is 9.85. The summed E-state index contributed by atoms with van der Waals surface area (Å²) in [7, 11) is 0. The van der Waals surface area contributed by atoms with Gasteiger partial charge in [0.1, 0.15) is 5.82 Å². The Balaban J connectivity index is 1.03. The first-order chi connectivity index (χ1) is 32.1. The SMILES string of the molecule is CC(C)(C)c1ccc2c(c1)c1cc(C(C)(C)C)ccc1n2-c1ccc2c(c1)c1ccccc1n2-c1ccc(-c2nc3c4ccccc4c4ccccc4c3n2-c2ccc(C(F)(F)F)cc2)cc1. The molecule has 0 aliphatic heterocycles. The summed E-state index contributed by atoms with van der Waals surface area (Å²) in [5.41, 5.74) is 11.6. The van der Waals surface area contributed by atoms with Crippen molar-refractivity contribution in [2.45, 2.75) is 58.5 Å². The normalized spacial score (nSPS) is 12.9. The summed E-state index contributed by atoms with van der Waals surface area (Å²) >= 11 is 0. The van der Waals surface area contributed by atoms with Crippen molar-refractivity contribution in [3.05, 3.63) is 193 Å². The fourth-order valence-electron chi connectivity index (χ4n) is 10.3. The summed E-state index contributed by atoms with van der Waals surface area (Å²) in [6.07, 6.45) is -4.45. The molecule has 0 saturated carbocycles. The first kappa shape index (κ1) is 40.8. The highest BCUT2D eigenvalue weighted by Crippen LogP contribution is 2.43. The highest BCUT2D eigenvalue weighted by Gasteiger charge is 2.31. The van der Waals surface area contributed by atoms with E-state index < -0.39 is 11.7 Å². The number of hydrogen-bond acceptors (Lipinski definition) is 1. The molecule has 0 radical (unpaired) electrons. The van der Waals surface area contributed by atoms with Crippen molar-refractivity contribution in [1.29, 1.82) is 0 Å². The second-order valence-electron chi connectivity index (χ2n) is 20.0. The lowest BCUT2D eigenvalue weighted by Crippen LogP contribution is -2.10. The van der Waals surface area contributed by atoms with E-state index in [4.69, 9.17) is 4.98 Å². The minimum absolute atomic E-state index is 0.00791. The van der Waals surface area contributed by atoms with Crippen LogP contribution in [0.4, 0.5) is 13.2 Å².